The molecular weight excluding hydrogens is 298 g/mol. The molecule has 0 aliphatic heterocycles. The summed E-state index contributed by atoms with van der Waals surface area (Å²) in [5.74, 6) is -1.18. The fourth-order valence-corrected chi connectivity index (χ4v) is 3.43. The topological polar surface area (TPSA) is 104 Å². The number of carbonyl (C=O) groups is 1. The van der Waals surface area contributed by atoms with Gasteiger partial charge in [0.15, 0.2) is 0 Å². The van der Waals surface area contributed by atoms with Gasteiger partial charge in [-0.1, -0.05) is 6.92 Å². The van der Waals surface area contributed by atoms with Crippen molar-refractivity contribution >= 4 is 16.0 Å². The number of rotatable bonds is 8. The van der Waals surface area contributed by atoms with E-state index in [2.05, 4.69) is 0 Å². The molecule has 0 spiro atoms. The number of hydrogen-bond acceptors (Lipinski definition) is 5. The van der Waals surface area contributed by atoms with Gasteiger partial charge < -0.3 is 14.9 Å². The number of aliphatic hydroxyl groups is 1. The first-order valence-corrected chi connectivity index (χ1v) is 7.84. The zero-order valence-electron chi connectivity index (χ0n) is 11.9. The fourth-order valence-electron chi connectivity index (χ4n) is 1.88. The number of methoxy groups -OCH3 is 1. The van der Waals surface area contributed by atoms with Crippen molar-refractivity contribution < 1.29 is 28.2 Å². The number of aromatic carboxylic acids is 1. The molecule has 0 aromatic heterocycles. The Kier molecular flexibility index (Phi) is 6.13. The van der Waals surface area contributed by atoms with Crippen molar-refractivity contribution in [1.82, 2.24) is 4.31 Å². The van der Waals surface area contributed by atoms with E-state index in [9.17, 15) is 13.2 Å². The maximum atomic E-state index is 12.5. The molecule has 7 nitrogen and oxygen atoms in total. The maximum Gasteiger partial charge on any atom is 0.339 e. The van der Waals surface area contributed by atoms with Crippen LogP contribution in [0.2, 0.25) is 0 Å². The second kappa shape index (κ2) is 7.39. The number of aliphatic hydroxyl groups excluding tert-OH is 1. The molecule has 0 aliphatic rings. The molecule has 0 heterocycles. The number of ether oxygens (including phenoxy) is 1. The first-order chi connectivity index (χ1) is 9.88. The van der Waals surface area contributed by atoms with Crippen molar-refractivity contribution in [1.29, 1.82) is 0 Å². The highest BCUT2D eigenvalue weighted by molar-refractivity contribution is 7.89. The largest absolute Gasteiger partial charge is 0.496 e. The third kappa shape index (κ3) is 3.93. The molecule has 0 fully saturated rings. The molecule has 0 saturated carbocycles. The van der Waals surface area contributed by atoms with Gasteiger partial charge in [0.25, 0.3) is 0 Å². The number of carboxylic acids is 1. The molecule has 0 bridgehead atoms. The third-order valence-corrected chi connectivity index (χ3v) is 4.76. The standard InChI is InChI=1S/C13H19NO6S/c1-3-6-14(7-8-15)21(18,19)10-4-5-12(20-2)11(9-10)13(16)17/h4-5,9,15H,3,6-8H2,1-2H3,(H,16,17). The van der Waals surface area contributed by atoms with E-state index >= 15 is 0 Å². The van der Waals surface area contributed by atoms with Crippen LogP contribution in [0.25, 0.3) is 0 Å². The Balaban J connectivity index is 3.30. The van der Waals surface area contributed by atoms with E-state index in [1.165, 1.54) is 19.2 Å². The zero-order chi connectivity index (χ0) is 16.0. The normalized spacial score (nSPS) is 11.6. The minimum absolute atomic E-state index is 0.0371. The summed E-state index contributed by atoms with van der Waals surface area (Å²) in [5, 5.41) is 18.1. The third-order valence-electron chi connectivity index (χ3n) is 2.86. The molecule has 118 valence electrons. The van der Waals surface area contributed by atoms with E-state index in [0.29, 0.717) is 6.42 Å². The molecule has 0 atom stereocenters. The van der Waals surface area contributed by atoms with Crippen LogP contribution in [-0.4, -0.2) is 55.7 Å². The van der Waals surface area contributed by atoms with Crippen LogP contribution in [0.3, 0.4) is 0 Å². The number of hydrogen-bond donors (Lipinski definition) is 2. The molecule has 0 saturated heterocycles. The predicted molar refractivity (Wildman–Crippen MR) is 76.1 cm³/mol. The minimum Gasteiger partial charge on any atom is -0.496 e. The molecule has 2 N–H and O–H groups in total. The second-order valence-corrected chi connectivity index (χ2v) is 6.23. The van der Waals surface area contributed by atoms with E-state index in [1.54, 1.807) is 0 Å². The van der Waals surface area contributed by atoms with E-state index in [1.807, 2.05) is 6.92 Å². The quantitative estimate of drug-likeness (QED) is 0.734. The van der Waals surface area contributed by atoms with Crippen molar-refractivity contribution in [3.8, 4) is 5.75 Å². The minimum atomic E-state index is -3.85. The molecule has 1 rings (SSSR count). The Morgan fingerprint density at radius 2 is 2.00 bits per heavy atom. The van der Waals surface area contributed by atoms with Gasteiger partial charge >= 0.3 is 5.97 Å². The van der Waals surface area contributed by atoms with Crippen LogP contribution in [0.1, 0.15) is 23.7 Å². The number of nitrogens with zero attached hydrogens (tertiary/aromatic N) is 1. The van der Waals surface area contributed by atoms with Gasteiger partial charge in [-0.15, -0.1) is 0 Å². The number of carboxylic acid groups (broad SMARTS) is 1. The summed E-state index contributed by atoms with van der Waals surface area (Å²) in [6.45, 7) is 1.72. The Hall–Kier alpha value is -1.64. The van der Waals surface area contributed by atoms with Crippen molar-refractivity contribution in [3.05, 3.63) is 23.8 Å². The van der Waals surface area contributed by atoms with Crippen LogP contribution in [-0.2, 0) is 10.0 Å². The molecule has 0 amide bonds. The lowest BCUT2D eigenvalue weighted by molar-refractivity contribution is 0.0693. The maximum absolute atomic E-state index is 12.5. The molecule has 0 unspecified atom stereocenters. The molecule has 0 aliphatic carbocycles. The fraction of sp³-hybridized carbons (Fsp3) is 0.462. The van der Waals surface area contributed by atoms with E-state index in [0.717, 1.165) is 10.4 Å². The summed E-state index contributed by atoms with van der Waals surface area (Å²) in [5.41, 5.74) is -0.223. The van der Waals surface area contributed by atoms with Gasteiger partial charge in [-0.05, 0) is 24.6 Å². The predicted octanol–water partition coefficient (Wildman–Crippen LogP) is 0.786. The summed E-state index contributed by atoms with van der Waals surface area (Å²) in [4.78, 5) is 11.0. The van der Waals surface area contributed by atoms with Gasteiger partial charge in [-0.2, -0.15) is 4.31 Å². The van der Waals surface area contributed by atoms with Gasteiger partial charge in [0.2, 0.25) is 10.0 Å². The molecule has 1 aromatic rings. The highest BCUT2D eigenvalue weighted by Gasteiger charge is 2.25. The van der Waals surface area contributed by atoms with Crippen LogP contribution < -0.4 is 4.74 Å². The lowest BCUT2D eigenvalue weighted by Crippen LogP contribution is -2.34. The van der Waals surface area contributed by atoms with Crippen LogP contribution in [0.15, 0.2) is 23.1 Å². The Labute approximate surface area is 123 Å². The second-order valence-electron chi connectivity index (χ2n) is 4.29. The first-order valence-electron chi connectivity index (χ1n) is 6.40. The van der Waals surface area contributed by atoms with Gasteiger partial charge in [0.1, 0.15) is 11.3 Å². The van der Waals surface area contributed by atoms with Crippen molar-refractivity contribution in [2.24, 2.45) is 0 Å². The Morgan fingerprint density at radius 1 is 1.33 bits per heavy atom. The zero-order valence-corrected chi connectivity index (χ0v) is 12.8. The van der Waals surface area contributed by atoms with Crippen LogP contribution in [0.4, 0.5) is 0 Å². The van der Waals surface area contributed by atoms with Crippen molar-refractivity contribution in [2.45, 2.75) is 18.2 Å². The average molecular weight is 317 g/mol. The van der Waals surface area contributed by atoms with Gasteiger partial charge in [0, 0.05) is 13.1 Å². The van der Waals surface area contributed by atoms with Gasteiger partial charge in [-0.3, -0.25) is 0 Å². The van der Waals surface area contributed by atoms with Crippen LogP contribution >= 0.6 is 0 Å². The monoisotopic (exact) mass is 317 g/mol. The van der Waals surface area contributed by atoms with E-state index < -0.39 is 16.0 Å². The smallest absolute Gasteiger partial charge is 0.339 e. The van der Waals surface area contributed by atoms with Crippen LogP contribution in [0, 0.1) is 0 Å². The summed E-state index contributed by atoms with van der Waals surface area (Å²) in [7, 11) is -2.54. The summed E-state index contributed by atoms with van der Waals surface area (Å²) in [6.07, 6.45) is 0.584. The molecular formula is C13H19NO6S. The molecule has 8 heteroatoms. The number of sulfonamides is 1. The Morgan fingerprint density at radius 3 is 2.48 bits per heavy atom. The summed E-state index contributed by atoms with van der Waals surface area (Å²) >= 11 is 0. The summed E-state index contributed by atoms with van der Waals surface area (Å²) < 4.78 is 31.0. The van der Waals surface area contributed by atoms with Gasteiger partial charge in [0.05, 0.1) is 18.6 Å². The van der Waals surface area contributed by atoms with Crippen molar-refractivity contribution in [2.75, 3.05) is 26.8 Å². The molecule has 1 aromatic carbocycles. The van der Waals surface area contributed by atoms with Gasteiger partial charge in [-0.25, -0.2) is 13.2 Å². The van der Waals surface area contributed by atoms with Crippen LogP contribution in [0.5, 0.6) is 5.75 Å². The average Bonchev–Trinajstić information content (AvgIpc) is 2.46. The van der Waals surface area contributed by atoms with E-state index in [4.69, 9.17) is 14.9 Å². The molecule has 0 radical (unpaired) electrons. The number of benzene rings is 1. The first kappa shape index (κ1) is 17.4. The molecule has 21 heavy (non-hydrogen) atoms. The van der Waals surface area contributed by atoms with E-state index in [-0.39, 0.29) is 35.9 Å². The summed E-state index contributed by atoms with van der Waals surface area (Å²) in [6, 6.07) is 3.66. The lowest BCUT2D eigenvalue weighted by atomic mass is 10.2. The Bertz CT molecular complexity index is 593. The highest BCUT2D eigenvalue weighted by atomic mass is 32.2. The van der Waals surface area contributed by atoms with Crippen molar-refractivity contribution in [3.63, 3.8) is 0 Å². The SMILES string of the molecule is CCCN(CCO)S(=O)(=O)c1ccc(OC)c(C(=O)O)c1. The highest BCUT2D eigenvalue weighted by Crippen LogP contribution is 2.24. The lowest BCUT2D eigenvalue weighted by Gasteiger charge is -2.21.